The van der Waals surface area contributed by atoms with Gasteiger partial charge in [-0.15, -0.1) is 0 Å². The van der Waals surface area contributed by atoms with Crippen LogP contribution in [0.4, 0.5) is 11.6 Å². The third-order valence-electron chi connectivity index (χ3n) is 2.18. The molecule has 7 nitrogen and oxygen atoms in total. The lowest BCUT2D eigenvalue weighted by Crippen LogP contribution is -2.04. The average Bonchev–Trinajstić information content (AvgIpc) is 2.84. The van der Waals surface area contributed by atoms with E-state index in [0.29, 0.717) is 24.8 Å². The van der Waals surface area contributed by atoms with E-state index in [4.69, 9.17) is 10.00 Å². The molecule has 92 valence electrons. The summed E-state index contributed by atoms with van der Waals surface area (Å²) in [5.41, 5.74) is 1.08. The summed E-state index contributed by atoms with van der Waals surface area (Å²) in [5.74, 6) is 0.375. The summed E-state index contributed by atoms with van der Waals surface area (Å²) in [6.45, 7) is 1.28. The number of nitrogens with one attached hydrogen (secondary N) is 1. The van der Waals surface area contributed by atoms with Crippen molar-refractivity contribution in [3.05, 3.63) is 30.4 Å². The molecule has 0 aliphatic rings. The van der Waals surface area contributed by atoms with Gasteiger partial charge in [0.25, 0.3) is 0 Å². The van der Waals surface area contributed by atoms with E-state index >= 15 is 0 Å². The van der Waals surface area contributed by atoms with Crippen LogP contribution in [0.3, 0.4) is 0 Å². The summed E-state index contributed by atoms with van der Waals surface area (Å²) < 4.78 is 6.71. The number of nitrogens with zero attached hydrogens (tertiary/aromatic N) is 5. The molecular weight excluding hydrogens is 232 g/mol. The van der Waals surface area contributed by atoms with Gasteiger partial charge in [-0.25, -0.2) is 9.97 Å². The lowest BCUT2D eigenvalue weighted by atomic mass is 10.4. The van der Waals surface area contributed by atoms with Crippen molar-refractivity contribution in [2.75, 3.05) is 19.0 Å². The molecule has 2 aromatic rings. The van der Waals surface area contributed by atoms with Crippen LogP contribution in [0.25, 0.3) is 0 Å². The van der Waals surface area contributed by atoms with E-state index in [2.05, 4.69) is 20.4 Å². The number of rotatable bonds is 5. The first-order chi connectivity index (χ1) is 8.81. The number of methoxy groups -OCH3 is 1. The molecule has 0 spiro atoms. The van der Waals surface area contributed by atoms with Crippen molar-refractivity contribution in [1.29, 1.82) is 5.26 Å². The van der Waals surface area contributed by atoms with Gasteiger partial charge in [-0.05, 0) is 6.07 Å². The second-order valence-electron chi connectivity index (χ2n) is 3.49. The fraction of sp³-hybridized carbons (Fsp3) is 0.273. The maximum Gasteiger partial charge on any atom is 0.228 e. The van der Waals surface area contributed by atoms with Gasteiger partial charge >= 0.3 is 0 Å². The number of aromatic nitrogens is 4. The van der Waals surface area contributed by atoms with Crippen LogP contribution < -0.4 is 5.32 Å². The van der Waals surface area contributed by atoms with Crippen LogP contribution in [0.5, 0.6) is 0 Å². The fourth-order valence-corrected chi connectivity index (χ4v) is 1.35. The Hall–Kier alpha value is -2.46. The normalized spacial score (nSPS) is 10.0. The quantitative estimate of drug-likeness (QED) is 0.841. The van der Waals surface area contributed by atoms with Gasteiger partial charge in [-0.3, -0.25) is 4.68 Å². The number of ether oxygens (including phenoxy) is 1. The summed E-state index contributed by atoms with van der Waals surface area (Å²) in [5, 5.41) is 15.9. The van der Waals surface area contributed by atoms with Crippen molar-refractivity contribution in [3.8, 4) is 6.07 Å². The van der Waals surface area contributed by atoms with E-state index in [1.807, 2.05) is 12.3 Å². The highest BCUT2D eigenvalue weighted by Gasteiger charge is 2.02. The Bertz CT molecular complexity index is 559. The van der Waals surface area contributed by atoms with Crippen LogP contribution in [0.1, 0.15) is 5.69 Å². The monoisotopic (exact) mass is 244 g/mol. The van der Waals surface area contributed by atoms with Crippen LogP contribution in [0.2, 0.25) is 0 Å². The Kier molecular flexibility index (Phi) is 3.83. The summed E-state index contributed by atoms with van der Waals surface area (Å²) in [7, 11) is 1.64. The van der Waals surface area contributed by atoms with E-state index in [0.717, 1.165) is 5.69 Å². The molecule has 0 aliphatic heterocycles. The fourth-order valence-electron chi connectivity index (χ4n) is 1.35. The van der Waals surface area contributed by atoms with Gasteiger partial charge in [0, 0.05) is 19.5 Å². The predicted octanol–water partition coefficient (Wildman–Crippen LogP) is 0.935. The topological polar surface area (TPSA) is 88.6 Å². The molecule has 0 atom stereocenters. The van der Waals surface area contributed by atoms with Crippen LogP contribution in [-0.4, -0.2) is 33.5 Å². The number of hydrogen-bond acceptors (Lipinski definition) is 6. The van der Waals surface area contributed by atoms with Crippen LogP contribution >= 0.6 is 0 Å². The highest BCUT2D eigenvalue weighted by molar-refractivity contribution is 5.50. The Balaban J connectivity index is 2.04. The third-order valence-corrected chi connectivity index (χ3v) is 2.18. The molecule has 0 saturated heterocycles. The average molecular weight is 244 g/mol. The minimum Gasteiger partial charge on any atom is -0.383 e. The highest BCUT2D eigenvalue weighted by Crippen LogP contribution is 2.11. The molecule has 0 aliphatic carbocycles. The van der Waals surface area contributed by atoms with Gasteiger partial charge in [0.1, 0.15) is 11.8 Å². The van der Waals surface area contributed by atoms with Crippen LogP contribution in [0.15, 0.2) is 24.7 Å². The number of anilines is 2. The summed E-state index contributed by atoms with van der Waals surface area (Å²) in [4.78, 5) is 8.03. The molecule has 7 heteroatoms. The Morgan fingerprint density at radius 1 is 1.56 bits per heavy atom. The lowest BCUT2D eigenvalue weighted by molar-refractivity contribution is 0.183. The van der Waals surface area contributed by atoms with Crippen molar-refractivity contribution in [1.82, 2.24) is 19.7 Å². The zero-order valence-corrected chi connectivity index (χ0v) is 9.87. The van der Waals surface area contributed by atoms with Gasteiger partial charge in [-0.1, -0.05) is 0 Å². The molecule has 0 bridgehead atoms. The van der Waals surface area contributed by atoms with Gasteiger partial charge in [0.05, 0.1) is 25.0 Å². The highest BCUT2D eigenvalue weighted by atomic mass is 16.5. The first-order valence-electron chi connectivity index (χ1n) is 5.33. The maximum absolute atomic E-state index is 8.73. The van der Waals surface area contributed by atoms with E-state index in [9.17, 15) is 0 Å². The summed E-state index contributed by atoms with van der Waals surface area (Å²) in [6, 6.07) is 3.51. The number of nitriles is 1. The van der Waals surface area contributed by atoms with Crippen molar-refractivity contribution < 1.29 is 4.74 Å². The largest absolute Gasteiger partial charge is 0.383 e. The minimum atomic E-state index is 0.319. The SMILES string of the molecule is COCCn1cc(Nc2nccc(C#N)n2)cn1. The molecule has 0 fully saturated rings. The lowest BCUT2D eigenvalue weighted by Gasteiger charge is -2.01. The second kappa shape index (κ2) is 5.75. The molecule has 0 radical (unpaired) electrons. The molecular formula is C11H12N6O. The molecule has 0 amide bonds. The molecule has 2 rings (SSSR count). The van der Waals surface area contributed by atoms with Gasteiger partial charge in [0.15, 0.2) is 0 Å². The Labute approximate surface area is 104 Å². The van der Waals surface area contributed by atoms with Gasteiger partial charge in [0.2, 0.25) is 5.95 Å². The van der Waals surface area contributed by atoms with Gasteiger partial charge in [-0.2, -0.15) is 10.4 Å². The van der Waals surface area contributed by atoms with E-state index in [1.165, 1.54) is 6.20 Å². The first-order valence-corrected chi connectivity index (χ1v) is 5.33. The zero-order valence-electron chi connectivity index (χ0n) is 9.87. The molecule has 18 heavy (non-hydrogen) atoms. The standard InChI is InChI=1S/C11H12N6O/c1-18-5-4-17-8-10(7-14-17)16-11-13-3-2-9(6-12)15-11/h2-3,7-8H,4-5H2,1H3,(H,13,15,16). The van der Waals surface area contributed by atoms with Crippen molar-refractivity contribution in [2.45, 2.75) is 6.54 Å². The first kappa shape index (κ1) is 12.0. The summed E-state index contributed by atoms with van der Waals surface area (Å²) in [6.07, 6.45) is 5.02. The number of hydrogen-bond donors (Lipinski definition) is 1. The van der Waals surface area contributed by atoms with E-state index in [-0.39, 0.29) is 0 Å². The molecule has 1 N–H and O–H groups in total. The zero-order chi connectivity index (χ0) is 12.8. The molecule has 0 unspecified atom stereocenters. The Morgan fingerprint density at radius 3 is 3.22 bits per heavy atom. The van der Waals surface area contributed by atoms with Gasteiger partial charge < -0.3 is 10.1 Å². The molecule has 0 aromatic carbocycles. The molecule has 0 saturated carbocycles. The minimum absolute atomic E-state index is 0.319. The van der Waals surface area contributed by atoms with Crippen molar-refractivity contribution in [3.63, 3.8) is 0 Å². The van der Waals surface area contributed by atoms with E-state index in [1.54, 1.807) is 24.1 Å². The van der Waals surface area contributed by atoms with Crippen LogP contribution in [0, 0.1) is 11.3 Å². The summed E-state index contributed by atoms with van der Waals surface area (Å²) >= 11 is 0. The molecule has 2 aromatic heterocycles. The third kappa shape index (κ3) is 3.02. The van der Waals surface area contributed by atoms with Crippen molar-refractivity contribution >= 4 is 11.6 Å². The Morgan fingerprint density at radius 2 is 2.44 bits per heavy atom. The van der Waals surface area contributed by atoms with Crippen LogP contribution in [-0.2, 0) is 11.3 Å². The smallest absolute Gasteiger partial charge is 0.228 e. The van der Waals surface area contributed by atoms with E-state index < -0.39 is 0 Å². The van der Waals surface area contributed by atoms with Crippen molar-refractivity contribution in [2.24, 2.45) is 0 Å². The molecule has 2 heterocycles. The maximum atomic E-state index is 8.73. The second-order valence-corrected chi connectivity index (χ2v) is 3.49. The predicted molar refractivity (Wildman–Crippen MR) is 64.1 cm³/mol.